The molecule has 1 N–H and O–H groups in total. The van der Waals surface area contributed by atoms with E-state index in [0.717, 1.165) is 5.56 Å². The number of benzene rings is 2. The molecule has 3 rings (SSSR count). The highest BCUT2D eigenvalue weighted by molar-refractivity contribution is 5.96. The molecule has 0 aliphatic heterocycles. The lowest BCUT2D eigenvalue weighted by Gasteiger charge is -2.22. The third-order valence-corrected chi connectivity index (χ3v) is 4.79. The van der Waals surface area contributed by atoms with Crippen LogP contribution >= 0.6 is 0 Å². The van der Waals surface area contributed by atoms with Gasteiger partial charge in [-0.2, -0.15) is 0 Å². The molecule has 0 radical (unpaired) electrons. The zero-order valence-corrected chi connectivity index (χ0v) is 16.3. The predicted molar refractivity (Wildman–Crippen MR) is 111 cm³/mol. The van der Waals surface area contributed by atoms with Gasteiger partial charge in [0.05, 0.1) is 5.56 Å². The van der Waals surface area contributed by atoms with Crippen molar-refractivity contribution in [3.8, 4) is 5.75 Å². The van der Waals surface area contributed by atoms with Crippen molar-refractivity contribution < 1.29 is 9.53 Å². The summed E-state index contributed by atoms with van der Waals surface area (Å²) < 4.78 is 5.89. The van der Waals surface area contributed by atoms with Crippen LogP contribution in [0.4, 0.5) is 0 Å². The van der Waals surface area contributed by atoms with Crippen LogP contribution in [0.2, 0.25) is 0 Å². The van der Waals surface area contributed by atoms with Crippen LogP contribution < -0.4 is 10.1 Å². The van der Waals surface area contributed by atoms with Crippen LogP contribution in [0.3, 0.4) is 0 Å². The van der Waals surface area contributed by atoms with Gasteiger partial charge in [-0.25, -0.2) is 0 Å². The molecule has 144 valence electrons. The zero-order valence-electron chi connectivity index (χ0n) is 16.3. The molecule has 1 heterocycles. The fourth-order valence-corrected chi connectivity index (χ4v) is 3.16. The smallest absolute Gasteiger partial charge is 0.255 e. The average Bonchev–Trinajstić information content (AvgIpc) is 2.74. The van der Waals surface area contributed by atoms with Crippen LogP contribution in [0.15, 0.2) is 79.1 Å². The lowest BCUT2D eigenvalue weighted by molar-refractivity contribution is 0.0944. The Morgan fingerprint density at radius 2 is 1.64 bits per heavy atom. The Morgan fingerprint density at radius 1 is 0.964 bits per heavy atom. The predicted octanol–water partition coefficient (Wildman–Crippen LogP) is 4.83. The SMILES string of the molecule is CC(C)[C@@H](CNC(=O)c1ccccc1OCc1ccncc1)c1ccccc1. The van der Waals surface area contributed by atoms with E-state index in [1.54, 1.807) is 18.5 Å². The molecule has 3 aromatic rings. The van der Waals surface area contributed by atoms with Crippen molar-refractivity contribution in [1.29, 1.82) is 0 Å². The molecule has 4 heteroatoms. The lowest BCUT2D eigenvalue weighted by atomic mass is 9.88. The summed E-state index contributed by atoms with van der Waals surface area (Å²) in [4.78, 5) is 16.8. The summed E-state index contributed by atoms with van der Waals surface area (Å²) in [6, 6.07) is 21.5. The van der Waals surface area contributed by atoms with Crippen LogP contribution in [0.1, 0.15) is 41.3 Å². The quantitative estimate of drug-likeness (QED) is 0.614. The molecule has 0 saturated heterocycles. The van der Waals surface area contributed by atoms with Gasteiger partial charge in [-0.05, 0) is 41.3 Å². The Balaban J connectivity index is 1.67. The highest BCUT2D eigenvalue weighted by Crippen LogP contribution is 2.24. The first-order valence-electron chi connectivity index (χ1n) is 9.59. The second-order valence-corrected chi connectivity index (χ2v) is 7.11. The van der Waals surface area contributed by atoms with Gasteiger partial charge in [0.25, 0.3) is 5.91 Å². The van der Waals surface area contributed by atoms with Gasteiger partial charge in [-0.1, -0.05) is 56.3 Å². The molecule has 0 saturated carbocycles. The number of pyridine rings is 1. The number of aromatic nitrogens is 1. The summed E-state index contributed by atoms with van der Waals surface area (Å²) >= 11 is 0. The standard InChI is InChI=1S/C24H26N2O2/c1-18(2)22(20-8-4-3-5-9-20)16-26-24(27)21-10-6-7-11-23(21)28-17-19-12-14-25-15-13-19/h3-15,18,22H,16-17H2,1-2H3,(H,26,27)/t22-/m1/s1. The fourth-order valence-electron chi connectivity index (χ4n) is 3.16. The van der Waals surface area contributed by atoms with Gasteiger partial charge in [-0.3, -0.25) is 9.78 Å². The largest absolute Gasteiger partial charge is 0.488 e. The number of nitrogens with zero attached hydrogens (tertiary/aromatic N) is 1. The van der Waals surface area contributed by atoms with Gasteiger partial charge in [-0.15, -0.1) is 0 Å². The first kappa shape index (κ1) is 19.6. The molecular weight excluding hydrogens is 348 g/mol. The van der Waals surface area contributed by atoms with Gasteiger partial charge >= 0.3 is 0 Å². The summed E-state index contributed by atoms with van der Waals surface area (Å²) in [5, 5.41) is 3.09. The Bertz CT molecular complexity index is 879. The second-order valence-electron chi connectivity index (χ2n) is 7.11. The normalized spacial score (nSPS) is 11.8. The van der Waals surface area contributed by atoms with Crippen LogP contribution in [0.25, 0.3) is 0 Å². The molecular formula is C24H26N2O2. The molecule has 0 spiro atoms. The molecule has 1 aromatic heterocycles. The number of carbonyl (C=O) groups excluding carboxylic acids is 1. The van der Waals surface area contributed by atoms with Gasteiger partial charge in [0.2, 0.25) is 0 Å². The van der Waals surface area contributed by atoms with Crippen molar-refractivity contribution in [2.24, 2.45) is 5.92 Å². The highest BCUT2D eigenvalue weighted by Gasteiger charge is 2.18. The minimum atomic E-state index is -0.119. The van der Waals surface area contributed by atoms with Crippen LogP contribution in [0.5, 0.6) is 5.75 Å². The second kappa shape index (κ2) is 9.70. The van der Waals surface area contributed by atoms with E-state index in [9.17, 15) is 4.79 Å². The number of rotatable bonds is 8. The molecule has 0 aliphatic carbocycles. The van der Waals surface area contributed by atoms with Crippen molar-refractivity contribution in [2.45, 2.75) is 26.4 Å². The van der Waals surface area contributed by atoms with Crippen LogP contribution in [0, 0.1) is 5.92 Å². The molecule has 2 aromatic carbocycles. The Hall–Kier alpha value is -3.14. The summed E-state index contributed by atoms with van der Waals surface area (Å²) in [5.74, 6) is 1.14. The van der Waals surface area contributed by atoms with Gasteiger partial charge in [0, 0.05) is 24.9 Å². The summed E-state index contributed by atoms with van der Waals surface area (Å²) in [6.07, 6.45) is 3.46. The van der Waals surface area contributed by atoms with E-state index >= 15 is 0 Å². The fraction of sp³-hybridized carbons (Fsp3) is 0.250. The van der Waals surface area contributed by atoms with Crippen molar-refractivity contribution in [2.75, 3.05) is 6.54 Å². The molecule has 1 amide bonds. The van der Waals surface area contributed by atoms with E-state index in [4.69, 9.17) is 4.74 Å². The molecule has 4 nitrogen and oxygen atoms in total. The Morgan fingerprint density at radius 3 is 2.36 bits per heavy atom. The maximum Gasteiger partial charge on any atom is 0.255 e. The highest BCUT2D eigenvalue weighted by atomic mass is 16.5. The van der Waals surface area contributed by atoms with E-state index in [2.05, 4.69) is 36.3 Å². The number of nitrogens with one attached hydrogen (secondary N) is 1. The Labute approximate surface area is 166 Å². The van der Waals surface area contributed by atoms with Crippen molar-refractivity contribution in [3.05, 3.63) is 95.8 Å². The van der Waals surface area contributed by atoms with Gasteiger partial charge in [0.15, 0.2) is 0 Å². The first-order valence-corrected chi connectivity index (χ1v) is 9.59. The first-order chi connectivity index (χ1) is 13.6. The lowest BCUT2D eigenvalue weighted by Crippen LogP contribution is -2.30. The summed E-state index contributed by atoms with van der Waals surface area (Å²) in [5.41, 5.74) is 2.79. The molecule has 0 aliphatic rings. The minimum absolute atomic E-state index is 0.119. The number of amides is 1. The molecule has 1 atom stereocenters. The topological polar surface area (TPSA) is 51.2 Å². The van der Waals surface area contributed by atoms with E-state index in [0.29, 0.717) is 30.4 Å². The number of carbonyl (C=O) groups is 1. The number of ether oxygens (including phenoxy) is 1. The maximum atomic E-state index is 12.8. The molecule has 28 heavy (non-hydrogen) atoms. The van der Waals surface area contributed by atoms with E-state index in [1.165, 1.54) is 5.56 Å². The van der Waals surface area contributed by atoms with Gasteiger partial charge in [0.1, 0.15) is 12.4 Å². The maximum absolute atomic E-state index is 12.8. The van der Waals surface area contributed by atoms with E-state index in [-0.39, 0.29) is 11.8 Å². The third kappa shape index (κ3) is 5.19. The van der Waals surface area contributed by atoms with Gasteiger partial charge < -0.3 is 10.1 Å². The third-order valence-electron chi connectivity index (χ3n) is 4.79. The van der Waals surface area contributed by atoms with Crippen molar-refractivity contribution in [1.82, 2.24) is 10.3 Å². The summed E-state index contributed by atoms with van der Waals surface area (Å²) in [7, 11) is 0. The number of para-hydroxylation sites is 1. The molecule has 0 fully saturated rings. The zero-order chi connectivity index (χ0) is 19.8. The average molecular weight is 374 g/mol. The molecule has 0 unspecified atom stereocenters. The minimum Gasteiger partial charge on any atom is -0.488 e. The van der Waals surface area contributed by atoms with E-state index < -0.39 is 0 Å². The van der Waals surface area contributed by atoms with Crippen molar-refractivity contribution in [3.63, 3.8) is 0 Å². The van der Waals surface area contributed by atoms with E-state index in [1.807, 2.05) is 48.5 Å². The number of hydrogen-bond acceptors (Lipinski definition) is 3. The van der Waals surface area contributed by atoms with Crippen LogP contribution in [-0.2, 0) is 6.61 Å². The van der Waals surface area contributed by atoms with Crippen molar-refractivity contribution >= 4 is 5.91 Å². The summed E-state index contributed by atoms with van der Waals surface area (Å²) in [6.45, 7) is 5.33. The molecule has 0 bridgehead atoms. The number of hydrogen-bond donors (Lipinski definition) is 1. The monoisotopic (exact) mass is 374 g/mol. The Kier molecular flexibility index (Phi) is 6.79. The van der Waals surface area contributed by atoms with Crippen LogP contribution in [-0.4, -0.2) is 17.4 Å².